The van der Waals surface area contributed by atoms with Crippen LogP contribution in [0.25, 0.3) is 0 Å². The molecule has 0 atom stereocenters. The average molecular weight is 481 g/mol. The predicted octanol–water partition coefficient (Wildman–Crippen LogP) is 0.355. The molecule has 0 aliphatic heterocycles. The van der Waals surface area contributed by atoms with Crippen LogP contribution in [0.15, 0.2) is 0 Å². The Bertz CT molecular complexity index is 514. The number of amides is 3. The Morgan fingerprint density at radius 2 is 0.774 bits per heavy atom. The molecule has 0 heterocycles. The third-order valence-corrected chi connectivity index (χ3v) is 2.70. The van der Waals surface area contributed by atoms with Gasteiger partial charge in [0.05, 0.1) is 19.8 Å². The molecule has 0 fully saturated rings. The molecule has 0 radical (unpaired) electrons. The van der Waals surface area contributed by atoms with Gasteiger partial charge in [0.25, 0.3) is 6.48 Å². The number of rotatable bonds is 12. The molecule has 0 saturated carbocycles. The van der Waals surface area contributed by atoms with Crippen molar-refractivity contribution in [2.45, 2.75) is 25.0 Å². The van der Waals surface area contributed by atoms with Gasteiger partial charge in [0.15, 0.2) is 0 Å². The van der Waals surface area contributed by atoms with Crippen LogP contribution in [-0.4, -0.2) is 82.2 Å². The van der Waals surface area contributed by atoms with Crippen LogP contribution in [0.2, 0.25) is 0 Å². The van der Waals surface area contributed by atoms with Gasteiger partial charge < -0.3 is 30.2 Å². The molecule has 31 heavy (non-hydrogen) atoms. The van der Waals surface area contributed by atoms with Crippen LogP contribution >= 0.6 is 0 Å². The summed E-state index contributed by atoms with van der Waals surface area (Å²) in [5, 5.41) is 4.23. The molecule has 9 nitrogen and oxygen atoms in total. The van der Waals surface area contributed by atoms with Gasteiger partial charge in [-0.2, -0.15) is 39.5 Å². The Morgan fingerprint density at radius 3 is 0.968 bits per heavy atom. The molecule has 182 valence electrons. The number of carbonyl (C=O) groups excluding carboxylic acids is 3. The highest BCUT2D eigenvalue weighted by atomic mass is 19.4. The smallest absolute Gasteiger partial charge is 0.346 e. The van der Waals surface area contributed by atoms with Gasteiger partial charge in [-0.05, 0) is 0 Å². The zero-order valence-electron chi connectivity index (χ0n) is 15.2. The maximum absolute atomic E-state index is 12.0. The highest BCUT2D eigenvalue weighted by Crippen LogP contribution is 2.15. The first-order valence-corrected chi connectivity index (χ1v) is 7.95. The van der Waals surface area contributed by atoms with Crippen molar-refractivity contribution in [3.8, 4) is 0 Å². The summed E-state index contributed by atoms with van der Waals surface area (Å²) in [4.78, 5) is 31.8. The van der Waals surface area contributed by atoms with Crippen molar-refractivity contribution in [3.05, 3.63) is 0 Å². The fourth-order valence-corrected chi connectivity index (χ4v) is 1.40. The van der Waals surface area contributed by atoms with E-state index >= 15 is 0 Å². The van der Waals surface area contributed by atoms with E-state index in [-0.39, 0.29) is 0 Å². The van der Waals surface area contributed by atoms with E-state index in [4.69, 9.17) is 14.2 Å². The van der Waals surface area contributed by atoms with Gasteiger partial charge >= 0.3 is 36.3 Å². The van der Waals surface area contributed by atoms with Gasteiger partial charge in [0, 0.05) is 19.6 Å². The van der Waals surface area contributed by atoms with Crippen LogP contribution in [0, 0.1) is 0 Å². The quantitative estimate of drug-likeness (QED) is 0.211. The van der Waals surface area contributed by atoms with Crippen LogP contribution in [0.3, 0.4) is 0 Å². The second-order valence-electron chi connectivity index (χ2n) is 5.16. The zero-order valence-corrected chi connectivity index (χ0v) is 15.2. The minimum absolute atomic E-state index is 0.670. The minimum atomic E-state index is -5.17. The fourth-order valence-electron chi connectivity index (χ4n) is 1.40. The van der Waals surface area contributed by atoms with Crippen molar-refractivity contribution in [2.24, 2.45) is 0 Å². The number of ether oxygens (including phenoxy) is 3. The van der Waals surface area contributed by atoms with Gasteiger partial charge in [-0.15, -0.1) is 0 Å². The molecule has 0 aromatic rings. The molecule has 3 amide bonds. The lowest BCUT2D eigenvalue weighted by Crippen LogP contribution is -2.41. The van der Waals surface area contributed by atoms with Crippen LogP contribution < -0.4 is 16.0 Å². The lowest BCUT2D eigenvalue weighted by Gasteiger charge is -2.19. The monoisotopic (exact) mass is 481 g/mol. The van der Waals surface area contributed by atoms with Crippen LogP contribution in [-0.2, 0) is 28.6 Å². The molecule has 0 unspecified atom stereocenters. The molecule has 18 heteroatoms. The summed E-state index contributed by atoms with van der Waals surface area (Å²) in [6.07, 6.45) is -15.5. The second kappa shape index (κ2) is 12.5. The highest BCUT2D eigenvalue weighted by Gasteiger charge is 2.39. The van der Waals surface area contributed by atoms with Gasteiger partial charge in [-0.25, -0.2) is 0 Å². The topological polar surface area (TPSA) is 115 Å². The van der Waals surface area contributed by atoms with Crippen molar-refractivity contribution in [1.29, 1.82) is 0 Å². The molecule has 0 rings (SSSR count). The minimum Gasteiger partial charge on any atom is -0.346 e. The first kappa shape index (κ1) is 28.7. The second-order valence-corrected chi connectivity index (χ2v) is 5.16. The number of halogens is 9. The predicted molar refractivity (Wildman–Crippen MR) is 78.8 cm³/mol. The summed E-state index contributed by atoms with van der Waals surface area (Å²) in [5.74, 6) is -6.88. The Morgan fingerprint density at radius 1 is 0.548 bits per heavy atom. The lowest BCUT2D eigenvalue weighted by atomic mass is 10.5. The van der Waals surface area contributed by atoms with Gasteiger partial charge in [-0.3, -0.25) is 14.4 Å². The van der Waals surface area contributed by atoms with E-state index in [0.717, 1.165) is 0 Å². The van der Waals surface area contributed by atoms with Gasteiger partial charge in [0.1, 0.15) is 0 Å². The molecule has 0 saturated heterocycles. The number of hydrogen-bond donors (Lipinski definition) is 3. The highest BCUT2D eigenvalue weighted by molar-refractivity contribution is 5.82. The Hall–Kier alpha value is -2.34. The van der Waals surface area contributed by atoms with E-state index in [9.17, 15) is 53.9 Å². The Kier molecular flexibility index (Phi) is 11.6. The lowest BCUT2D eigenvalue weighted by molar-refractivity contribution is -0.286. The molecular formula is C13H16F9N3O6. The number of nitrogens with one attached hydrogen (secondary N) is 3. The van der Waals surface area contributed by atoms with Crippen molar-refractivity contribution < 1.29 is 68.1 Å². The molecule has 0 bridgehead atoms. The fraction of sp³-hybridized carbons (Fsp3) is 0.769. The van der Waals surface area contributed by atoms with Crippen molar-refractivity contribution in [2.75, 3.05) is 39.5 Å². The van der Waals surface area contributed by atoms with E-state index in [2.05, 4.69) is 0 Å². The van der Waals surface area contributed by atoms with Crippen molar-refractivity contribution >= 4 is 17.7 Å². The zero-order chi connectivity index (χ0) is 24.3. The average Bonchev–Trinajstić information content (AvgIpc) is 2.61. The van der Waals surface area contributed by atoms with Crippen molar-refractivity contribution in [1.82, 2.24) is 16.0 Å². The van der Waals surface area contributed by atoms with Gasteiger partial charge in [0.2, 0.25) is 0 Å². The van der Waals surface area contributed by atoms with E-state index in [1.807, 2.05) is 0 Å². The number of carbonyl (C=O) groups is 3. The van der Waals surface area contributed by atoms with E-state index in [1.54, 1.807) is 0 Å². The summed E-state index contributed by atoms with van der Waals surface area (Å²) >= 11 is 0. The van der Waals surface area contributed by atoms with Crippen molar-refractivity contribution in [3.63, 3.8) is 0 Å². The van der Waals surface area contributed by atoms with Crippen LogP contribution in [0.1, 0.15) is 0 Å². The largest absolute Gasteiger partial charge is 0.471 e. The normalized spacial score (nSPS) is 12.6. The Balaban J connectivity index is 4.45. The summed E-state index contributed by atoms with van der Waals surface area (Å²) in [5.41, 5.74) is 0. The van der Waals surface area contributed by atoms with Crippen LogP contribution in [0.5, 0.6) is 0 Å². The standard InChI is InChI=1S/C13H16F9N3O6/c14-11(15,16)7(26)23-1-4-29-10(30-5-2-24-8(27)12(17,18)19)31-6-3-25-9(28)13(20,21)22/h10H,1-6H2,(H,23,26)(H,24,27)(H,25,28). The SMILES string of the molecule is O=C(NCCOC(OCCNC(=O)C(F)(F)F)OCCNC(=O)C(F)(F)F)C(F)(F)F. The van der Waals surface area contributed by atoms with Gasteiger partial charge in [-0.1, -0.05) is 0 Å². The Labute approximate surface area is 167 Å². The first-order chi connectivity index (χ1) is 14.0. The molecule has 3 N–H and O–H groups in total. The summed E-state index contributed by atoms with van der Waals surface area (Å²) in [6.45, 7) is -5.97. The summed E-state index contributed by atoms with van der Waals surface area (Å²) < 4.78 is 122. The maximum Gasteiger partial charge on any atom is 0.471 e. The van der Waals surface area contributed by atoms with E-state index in [0.29, 0.717) is 0 Å². The van der Waals surface area contributed by atoms with E-state index < -0.39 is 82.2 Å². The molecule has 0 aromatic heterocycles. The number of alkyl halides is 9. The van der Waals surface area contributed by atoms with E-state index in [1.165, 1.54) is 16.0 Å². The molecule has 0 aliphatic carbocycles. The summed E-state index contributed by atoms with van der Waals surface area (Å²) in [7, 11) is 0. The molecule has 0 aromatic carbocycles. The van der Waals surface area contributed by atoms with Crippen LogP contribution in [0.4, 0.5) is 39.5 Å². The molecule has 0 spiro atoms. The third-order valence-electron chi connectivity index (χ3n) is 2.70. The third kappa shape index (κ3) is 13.6. The summed E-state index contributed by atoms with van der Waals surface area (Å²) in [6, 6.07) is 0. The molecular weight excluding hydrogens is 465 g/mol. The maximum atomic E-state index is 12.0. The number of hydrogen-bond acceptors (Lipinski definition) is 6. The molecule has 0 aliphatic rings. The first-order valence-electron chi connectivity index (χ1n) is 7.95.